The summed E-state index contributed by atoms with van der Waals surface area (Å²) in [7, 11) is 0. The Labute approximate surface area is 220 Å². The summed E-state index contributed by atoms with van der Waals surface area (Å²) in [4.78, 5) is 31.6. The molecule has 1 saturated heterocycles. The number of halogens is 1. The van der Waals surface area contributed by atoms with Gasteiger partial charge in [0.05, 0.1) is 21.7 Å². The number of imidazole rings is 1. The molecule has 1 aliphatic heterocycles. The summed E-state index contributed by atoms with van der Waals surface area (Å²) in [6.45, 7) is 8.85. The molecule has 5 heterocycles. The van der Waals surface area contributed by atoms with Crippen molar-refractivity contribution in [2.45, 2.75) is 65.5 Å². The second-order valence-corrected chi connectivity index (χ2v) is 11.4. The number of aromatic amines is 2. The predicted molar refractivity (Wildman–Crippen MR) is 146 cm³/mol. The average molecular weight is 521 g/mol. The van der Waals surface area contributed by atoms with E-state index in [1.54, 1.807) is 12.4 Å². The van der Waals surface area contributed by atoms with E-state index in [-0.39, 0.29) is 5.69 Å². The van der Waals surface area contributed by atoms with Crippen LogP contribution in [0.15, 0.2) is 29.3 Å². The average Bonchev–Trinajstić information content (AvgIpc) is 3.57. The number of rotatable bonds is 5. The Bertz CT molecular complexity index is 1480. The summed E-state index contributed by atoms with van der Waals surface area (Å²) in [6, 6.07) is 4.21. The highest BCUT2D eigenvalue weighted by molar-refractivity contribution is 6.30. The van der Waals surface area contributed by atoms with E-state index in [1.807, 2.05) is 12.1 Å². The van der Waals surface area contributed by atoms with Crippen LogP contribution in [0.3, 0.4) is 0 Å². The Morgan fingerprint density at radius 3 is 2.54 bits per heavy atom. The van der Waals surface area contributed by atoms with E-state index in [9.17, 15) is 4.79 Å². The van der Waals surface area contributed by atoms with Gasteiger partial charge in [-0.2, -0.15) is 5.10 Å². The lowest BCUT2D eigenvalue weighted by atomic mass is 9.83. The standard InChI is InChI=1S/C27H33ClN8O/c1-15-4-6-18(7-5-15)14-36-24-21(31-27(36)35-9-8-16(2)17(35)3)11-22(25-32-26(37)34-33-25)30-23(24)19-10-20(28)13-29-12-19/h10-13,15-18H,4-9,14H2,1-3H3,(H2,32,33,34,37). The van der Waals surface area contributed by atoms with E-state index < -0.39 is 0 Å². The summed E-state index contributed by atoms with van der Waals surface area (Å²) in [5.74, 6) is 3.36. The van der Waals surface area contributed by atoms with Gasteiger partial charge in [-0.1, -0.05) is 38.3 Å². The highest BCUT2D eigenvalue weighted by atomic mass is 35.5. The van der Waals surface area contributed by atoms with E-state index in [4.69, 9.17) is 21.6 Å². The van der Waals surface area contributed by atoms with Gasteiger partial charge in [0.1, 0.15) is 5.69 Å². The third kappa shape index (κ3) is 4.54. The van der Waals surface area contributed by atoms with E-state index >= 15 is 0 Å². The zero-order valence-electron chi connectivity index (χ0n) is 21.5. The monoisotopic (exact) mass is 520 g/mol. The molecule has 37 heavy (non-hydrogen) atoms. The number of hydrogen-bond donors (Lipinski definition) is 2. The molecule has 0 spiro atoms. The number of fused-ring (bicyclic) bond motifs is 1. The van der Waals surface area contributed by atoms with Crippen molar-refractivity contribution in [1.82, 2.24) is 34.7 Å². The van der Waals surface area contributed by atoms with E-state index in [2.05, 4.69) is 50.4 Å². The van der Waals surface area contributed by atoms with Crippen molar-refractivity contribution in [2.24, 2.45) is 17.8 Å². The molecule has 2 atom stereocenters. The molecule has 0 aromatic carbocycles. The molecule has 0 bridgehead atoms. The molecule has 2 N–H and O–H groups in total. The van der Waals surface area contributed by atoms with Gasteiger partial charge in [-0.25, -0.2) is 19.9 Å². The zero-order chi connectivity index (χ0) is 25.7. The van der Waals surface area contributed by atoms with Crippen molar-refractivity contribution in [2.75, 3.05) is 11.4 Å². The first-order valence-electron chi connectivity index (χ1n) is 13.3. The van der Waals surface area contributed by atoms with Crippen molar-refractivity contribution in [3.8, 4) is 22.8 Å². The Morgan fingerprint density at radius 2 is 1.86 bits per heavy atom. The number of nitrogens with one attached hydrogen (secondary N) is 2. The topological polar surface area (TPSA) is 108 Å². The number of anilines is 1. The summed E-state index contributed by atoms with van der Waals surface area (Å²) in [5, 5.41) is 7.12. The first-order chi connectivity index (χ1) is 17.9. The van der Waals surface area contributed by atoms with E-state index in [0.29, 0.717) is 34.4 Å². The number of H-pyrrole nitrogens is 2. The zero-order valence-corrected chi connectivity index (χ0v) is 22.3. The highest BCUT2D eigenvalue weighted by Crippen LogP contribution is 2.39. The van der Waals surface area contributed by atoms with Gasteiger partial charge in [-0.05, 0) is 56.1 Å². The molecular formula is C27H33ClN8O. The van der Waals surface area contributed by atoms with E-state index in [0.717, 1.165) is 53.7 Å². The highest BCUT2D eigenvalue weighted by Gasteiger charge is 2.33. The Kier molecular flexibility index (Phi) is 6.26. The molecule has 2 unspecified atom stereocenters. The van der Waals surface area contributed by atoms with Gasteiger partial charge < -0.3 is 9.47 Å². The first kappa shape index (κ1) is 24.2. The van der Waals surface area contributed by atoms with Crippen LogP contribution in [0.4, 0.5) is 5.95 Å². The van der Waals surface area contributed by atoms with Gasteiger partial charge >= 0.3 is 5.69 Å². The second kappa shape index (κ2) is 9.59. The SMILES string of the molecule is CC1CCC(Cn2c(N3CCC(C)C3C)nc3cc(-c4n[nH]c(=O)[nH]4)nc(-c4cncc(Cl)c4)c32)CC1. The fraction of sp³-hybridized carbons (Fsp3) is 0.519. The van der Waals surface area contributed by atoms with E-state index in [1.165, 1.54) is 25.7 Å². The van der Waals surface area contributed by atoms with Gasteiger partial charge in [0.15, 0.2) is 5.82 Å². The third-order valence-electron chi connectivity index (χ3n) is 8.40. The van der Waals surface area contributed by atoms with Crippen molar-refractivity contribution in [1.29, 1.82) is 0 Å². The van der Waals surface area contributed by atoms with Crippen LogP contribution in [0.25, 0.3) is 33.8 Å². The minimum Gasteiger partial charge on any atom is -0.339 e. The number of hydrogen-bond acceptors (Lipinski definition) is 6. The molecule has 1 saturated carbocycles. The van der Waals surface area contributed by atoms with Crippen LogP contribution in [-0.2, 0) is 6.54 Å². The molecule has 4 aromatic heterocycles. The molecule has 4 aromatic rings. The molecule has 0 radical (unpaired) electrons. The van der Waals surface area contributed by atoms with Crippen molar-refractivity contribution < 1.29 is 0 Å². The number of aromatic nitrogens is 7. The molecule has 2 aliphatic rings. The Morgan fingerprint density at radius 1 is 1.05 bits per heavy atom. The molecule has 6 rings (SSSR count). The molecule has 2 fully saturated rings. The second-order valence-electron chi connectivity index (χ2n) is 11.0. The maximum atomic E-state index is 11.8. The molecule has 10 heteroatoms. The van der Waals surface area contributed by atoms with Gasteiger partial charge in [-0.15, -0.1) is 0 Å². The van der Waals surface area contributed by atoms with Crippen LogP contribution in [0.5, 0.6) is 0 Å². The van der Waals surface area contributed by atoms with Gasteiger partial charge in [0.25, 0.3) is 0 Å². The van der Waals surface area contributed by atoms with Crippen molar-refractivity contribution in [3.63, 3.8) is 0 Å². The minimum atomic E-state index is -0.375. The normalized spacial score (nSPS) is 24.3. The van der Waals surface area contributed by atoms with Gasteiger partial charge in [0, 0.05) is 37.1 Å². The van der Waals surface area contributed by atoms with Gasteiger partial charge in [0.2, 0.25) is 5.95 Å². The predicted octanol–water partition coefficient (Wildman–Crippen LogP) is 5.29. The quantitative estimate of drug-likeness (QED) is 0.370. The smallest absolute Gasteiger partial charge is 0.339 e. The lowest BCUT2D eigenvalue weighted by Gasteiger charge is -2.30. The molecule has 0 amide bonds. The summed E-state index contributed by atoms with van der Waals surface area (Å²) in [5.41, 5.74) is 3.53. The molecule has 194 valence electrons. The van der Waals surface area contributed by atoms with Crippen LogP contribution in [-0.4, -0.2) is 47.3 Å². The van der Waals surface area contributed by atoms with Crippen molar-refractivity contribution >= 4 is 28.6 Å². The van der Waals surface area contributed by atoms with Crippen molar-refractivity contribution in [3.05, 3.63) is 40.0 Å². The minimum absolute atomic E-state index is 0.375. The molecule has 9 nitrogen and oxygen atoms in total. The molecule has 1 aliphatic carbocycles. The fourth-order valence-corrected chi connectivity index (χ4v) is 6.11. The Hall–Kier alpha value is -3.20. The van der Waals surface area contributed by atoms with Crippen LogP contribution in [0.2, 0.25) is 5.02 Å². The largest absolute Gasteiger partial charge is 0.340 e. The summed E-state index contributed by atoms with van der Waals surface area (Å²) < 4.78 is 2.39. The summed E-state index contributed by atoms with van der Waals surface area (Å²) in [6.07, 6.45) is 9.53. The number of nitrogens with zero attached hydrogens (tertiary/aromatic N) is 6. The maximum absolute atomic E-state index is 11.8. The lowest BCUT2D eigenvalue weighted by Crippen LogP contribution is -2.32. The first-order valence-corrected chi connectivity index (χ1v) is 13.7. The third-order valence-corrected chi connectivity index (χ3v) is 8.61. The van der Waals surface area contributed by atoms with Gasteiger partial charge in [-0.3, -0.25) is 9.97 Å². The van der Waals surface area contributed by atoms with Crippen LogP contribution in [0, 0.1) is 17.8 Å². The fourth-order valence-electron chi connectivity index (χ4n) is 5.94. The molecular weight excluding hydrogens is 488 g/mol. The van der Waals surface area contributed by atoms with Crippen LogP contribution in [0.1, 0.15) is 52.9 Å². The lowest BCUT2D eigenvalue weighted by molar-refractivity contribution is 0.266. The Balaban J connectivity index is 1.58. The maximum Gasteiger partial charge on any atom is 0.340 e. The van der Waals surface area contributed by atoms with Crippen LogP contribution >= 0.6 is 11.6 Å². The van der Waals surface area contributed by atoms with Crippen LogP contribution < -0.4 is 10.6 Å². The number of pyridine rings is 2. The summed E-state index contributed by atoms with van der Waals surface area (Å²) >= 11 is 6.37.